The lowest BCUT2D eigenvalue weighted by molar-refractivity contribution is -0.138. The molecule has 0 saturated carbocycles. The first kappa shape index (κ1) is 21.9. The summed E-state index contributed by atoms with van der Waals surface area (Å²) in [7, 11) is 0. The molecule has 1 aromatic carbocycles. The molecule has 1 aliphatic rings. The van der Waals surface area contributed by atoms with Gasteiger partial charge in [-0.05, 0) is 63.4 Å². The minimum Gasteiger partial charge on any atom is -0.369 e. The second kappa shape index (κ2) is 9.80. The third-order valence-electron chi connectivity index (χ3n) is 5.17. The van der Waals surface area contributed by atoms with Crippen LogP contribution >= 0.6 is 0 Å². The number of nitrogens with one attached hydrogen (secondary N) is 1. The summed E-state index contributed by atoms with van der Waals surface area (Å²) in [5.74, 6) is -0.580. The third-order valence-corrected chi connectivity index (χ3v) is 5.17. The number of aromatic nitrogens is 1. The van der Waals surface area contributed by atoms with Gasteiger partial charge in [0.25, 0.3) is 5.91 Å². The molecule has 1 atom stereocenters. The van der Waals surface area contributed by atoms with Gasteiger partial charge in [0.1, 0.15) is 12.4 Å². The number of hydrogen-bond acceptors (Lipinski definition) is 4. The third kappa shape index (κ3) is 5.42. The van der Waals surface area contributed by atoms with Gasteiger partial charge in [0.15, 0.2) is 0 Å². The van der Waals surface area contributed by atoms with Gasteiger partial charge in [0.05, 0.1) is 29.1 Å². The van der Waals surface area contributed by atoms with Crippen LogP contribution in [0.1, 0.15) is 60.0 Å². The average Bonchev–Trinajstić information content (AvgIpc) is 3.21. The number of pyridine rings is 1. The van der Waals surface area contributed by atoms with Crippen molar-refractivity contribution in [1.29, 1.82) is 0 Å². The second-order valence-corrected chi connectivity index (χ2v) is 7.78. The molecule has 0 bridgehead atoms. The number of carbonyl (C=O) groups is 2. The van der Waals surface area contributed by atoms with Crippen LogP contribution in [0, 0.1) is 12.7 Å². The van der Waals surface area contributed by atoms with Crippen LogP contribution in [0.3, 0.4) is 0 Å². The molecule has 7 heteroatoms. The van der Waals surface area contributed by atoms with Crippen LogP contribution in [-0.2, 0) is 16.1 Å². The van der Waals surface area contributed by atoms with Crippen molar-refractivity contribution in [3.05, 3.63) is 64.7 Å². The van der Waals surface area contributed by atoms with Crippen LogP contribution in [0.25, 0.3) is 0 Å². The fourth-order valence-corrected chi connectivity index (χ4v) is 3.58. The maximum atomic E-state index is 13.0. The van der Waals surface area contributed by atoms with Crippen molar-refractivity contribution >= 4 is 11.8 Å². The lowest BCUT2D eigenvalue weighted by atomic mass is 10.1. The van der Waals surface area contributed by atoms with Crippen molar-refractivity contribution in [1.82, 2.24) is 15.2 Å². The number of halogens is 1. The van der Waals surface area contributed by atoms with Gasteiger partial charge in [-0.3, -0.25) is 14.6 Å². The van der Waals surface area contributed by atoms with E-state index in [1.54, 1.807) is 25.1 Å². The molecule has 1 aromatic heterocycles. The Bertz CT molecular complexity index is 899. The van der Waals surface area contributed by atoms with E-state index in [1.807, 2.05) is 24.8 Å². The molecule has 1 unspecified atom stereocenters. The normalized spacial score (nSPS) is 16.2. The van der Waals surface area contributed by atoms with E-state index in [1.165, 1.54) is 12.1 Å². The highest BCUT2D eigenvalue weighted by Crippen LogP contribution is 2.31. The number of aryl methyl sites for hydroxylation is 1. The Morgan fingerprint density at radius 2 is 1.97 bits per heavy atom. The van der Waals surface area contributed by atoms with Crippen LogP contribution in [0.2, 0.25) is 0 Å². The molecule has 2 aromatic rings. The number of benzene rings is 1. The molecular weight excluding hydrogens is 385 g/mol. The number of hydrogen-bond donors (Lipinski definition) is 1. The highest BCUT2D eigenvalue weighted by Gasteiger charge is 2.31. The van der Waals surface area contributed by atoms with E-state index in [0.717, 1.165) is 24.1 Å². The minimum atomic E-state index is -0.309. The Hall–Kier alpha value is -2.80. The van der Waals surface area contributed by atoms with Crippen LogP contribution in [0.4, 0.5) is 4.39 Å². The summed E-state index contributed by atoms with van der Waals surface area (Å²) in [6.07, 6.45) is 1.76. The maximum absolute atomic E-state index is 13.0. The number of rotatable bonds is 7. The Kier molecular flexibility index (Phi) is 7.15. The minimum absolute atomic E-state index is 0.00285. The molecular formula is C23H28FN3O3. The zero-order chi connectivity index (χ0) is 21.7. The molecule has 160 valence electrons. The molecule has 1 aliphatic heterocycles. The summed E-state index contributed by atoms with van der Waals surface area (Å²) in [6.45, 7) is 6.65. The molecule has 1 N–H and O–H groups in total. The first-order valence-corrected chi connectivity index (χ1v) is 10.3. The van der Waals surface area contributed by atoms with Crippen LogP contribution < -0.4 is 5.32 Å². The summed E-state index contributed by atoms with van der Waals surface area (Å²) in [5.41, 5.74) is 2.70. The average molecular weight is 413 g/mol. The first-order chi connectivity index (χ1) is 14.3. The molecule has 2 heterocycles. The van der Waals surface area contributed by atoms with E-state index < -0.39 is 0 Å². The fourth-order valence-electron chi connectivity index (χ4n) is 3.58. The molecule has 0 spiro atoms. The van der Waals surface area contributed by atoms with Gasteiger partial charge in [0.2, 0.25) is 5.91 Å². The van der Waals surface area contributed by atoms with Gasteiger partial charge in [-0.15, -0.1) is 0 Å². The van der Waals surface area contributed by atoms with Gasteiger partial charge in [-0.2, -0.15) is 0 Å². The number of ether oxygens (including phenoxy) is 1. The summed E-state index contributed by atoms with van der Waals surface area (Å²) in [5, 5.41) is 2.84. The van der Waals surface area contributed by atoms with E-state index in [0.29, 0.717) is 24.3 Å². The Labute approximate surface area is 176 Å². The van der Waals surface area contributed by atoms with Crippen molar-refractivity contribution in [2.75, 3.05) is 13.2 Å². The summed E-state index contributed by atoms with van der Waals surface area (Å²) in [4.78, 5) is 31.5. The number of likely N-dealkylation sites (tertiary alicyclic amines) is 1. The zero-order valence-corrected chi connectivity index (χ0v) is 17.7. The Morgan fingerprint density at radius 1 is 1.23 bits per heavy atom. The molecule has 0 radical (unpaired) electrons. The molecule has 2 amide bonds. The highest BCUT2D eigenvalue weighted by atomic mass is 19.1. The van der Waals surface area contributed by atoms with Crippen molar-refractivity contribution in [2.24, 2.45) is 0 Å². The first-order valence-electron chi connectivity index (χ1n) is 10.3. The fraction of sp³-hybridized carbons (Fsp3) is 0.435. The van der Waals surface area contributed by atoms with Crippen LogP contribution in [0.15, 0.2) is 36.4 Å². The van der Waals surface area contributed by atoms with Gasteiger partial charge in [-0.1, -0.05) is 12.1 Å². The molecule has 6 nitrogen and oxygen atoms in total. The Morgan fingerprint density at radius 3 is 2.63 bits per heavy atom. The molecule has 30 heavy (non-hydrogen) atoms. The molecule has 0 aliphatic carbocycles. The van der Waals surface area contributed by atoms with Gasteiger partial charge < -0.3 is 15.0 Å². The summed E-state index contributed by atoms with van der Waals surface area (Å²) < 4.78 is 18.5. The van der Waals surface area contributed by atoms with Gasteiger partial charge >= 0.3 is 0 Å². The lowest BCUT2D eigenvalue weighted by Crippen LogP contribution is -2.34. The topological polar surface area (TPSA) is 71.5 Å². The van der Waals surface area contributed by atoms with E-state index in [-0.39, 0.29) is 36.4 Å². The largest absolute Gasteiger partial charge is 0.369 e. The number of amides is 2. The highest BCUT2D eigenvalue weighted by molar-refractivity contribution is 5.95. The molecule has 1 fully saturated rings. The van der Waals surface area contributed by atoms with Crippen LogP contribution in [0.5, 0.6) is 0 Å². The molecule has 3 rings (SSSR count). The Balaban J connectivity index is 1.65. The van der Waals surface area contributed by atoms with Crippen LogP contribution in [-0.4, -0.2) is 41.0 Å². The van der Waals surface area contributed by atoms with Crippen molar-refractivity contribution in [3.63, 3.8) is 0 Å². The van der Waals surface area contributed by atoms with E-state index >= 15 is 0 Å². The second-order valence-electron chi connectivity index (χ2n) is 7.78. The smallest absolute Gasteiger partial charge is 0.253 e. The van der Waals surface area contributed by atoms with E-state index in [4.69, 9.17) is 4.74 Å². The lowest BCUT2D eigenvalue weighted by Gasteiger charge is -2.25. The van der Waals surface area contributed by atoms with Gasteiger partial charge in [0, 0.05) is 13.1 Å². The van der Waals surface area contributed by atoms with Crippen molar-refractivity contribution in [2.45, 2.75) is 52.3 Å². The van der Waals surface area contributed by atoms with Crippen molar-refractivity contribution in [3.8, 4) is 0 Å². The van der Waals surface area contributed by atoms with Gasteiger partial charge in [-0.25, -0.2) is 4.39 Å². The number of carbonyl (C=O) groups excluding carboxylic acids is 2. The predicted molar refractivity (Wildman–Crippen MR) is 111 cm³/mol. The monoisotopic (exact) mass is 413 g/mol. The predicted octanol–water partition coefficient (Wildman–Crippen LogP) is 3.55. The van der Waals surface area contributed by atoms with Crippen molar-refractivity contribution < 1.29 is 18.7 Å². The van der Waals surface area contributed by atoms with E-state index in [9.17, 15) is 14.0 Å². The summed E-state index contributed by atoms with van der Waals surface area (Å²) in [6, 6.07) is 9.48. The van der Waals surface area contributed by atoms with E-state index in [2.05, 4.69) is 10.3 Å². The molecule has 1 saturated heterocycles. The standard InChI is InChI=1S/C23H28FN3O3/c1-15(2)30-14-22(28)27-12-4-5-21(27)20-11-10-19(16(3)26-20)23(29)25-13-17-6-8-18(24)9-7-17/h6-11,15,21H,4-5,12-14H2,1-3H3,(H,25,29). The number of nitrogens with zero attached hydrogens (tertiary/aromatic N) is 2. The maximum Gasteiger partial charge on any atom is 0.253 e. The summed E-state index contributed by atoms with van der Waals surface area (Å²) >= 11 is 0. The zero-order valence-electron chi connectivity index (χ0n) is 17.7. The SMILES string of the molecule is Cc1nc(C2CCCN2C(=O)COC(C)C)ccc1C(=O)NCc1ccc(F)cc1. The quantitative estimate of drug-likeness (QED) is 0.754.